The quantitative estimate of drug-likeness (QED) is 0.672. The Bertz CT molecular complexity index is 257. The Kier molecular flexibility index (Phi) is 3.46. The molecule has 1 rings (SSSR count). The van der Waals surface area contributed by atoms with Crippen LogP contribution in [0.3, 0.4) is 0 Å². The summed E-state index contributed by atoms with van der Waals surface area (Å²) in [4.78, 5) is 0. The molecule has 0 aliphatic carbocycles. The monoisotopic (exact) mass is 180 g/mol. The Morgan fingerprint density at radius 1 is 1.00 bits per heavy atom. The molecular weight excluding hydrogens is 160 g/mol. The van der Waals surface area contributed by atoms with E-state index in [1.165, 1.54) is 16.7 Å². The van der Waals surface area contributed by atoms with E-state index in [9.17, 15) is 0 Å². The second-order valence-corrected chi connectivity index (χ2v) is 3.74. The Labute approximate surface area is 79.9 Å². The molecule has 0 aromatic heterocycles. The fourth-order valence-electron chi connectivity index (χ4n) is 1.41. The van der Waals surface area contributed by atoms with E-state index in [2.05, 4.69) is 43.5 Å². The van der Waals surface area contributed by atoms with Crippen molar-refractivity contribution in [2.75, 3.05) is 0 Å². The fourth-order valence-corrected chi connectivity index (χ4v) is 1.41. The van der Waals surface area contributed by atoms with Gasteiger partial charge in [-0.15, -0.1) is 0 Å². The van der Waals surface area contributed by atoms with Gasteiger partial charge >= 0.3 is 0 Å². The summed E-state index contributed by atoms with van der Waals surface area (Å²) in [6, 6.07) is 6.69. The molecule has 0 saturated heterocycles. The summed E-state index contributed by atoms with van der Waals surface area (Å²) in [5.41, 5.74) is 11.9. The van der Waals surface area contributed by atoms with E-state index in [0.29, 0.717) is 5.92 Å². The summed E-state index contributed by atoms with van der Waals surface area (Å²) in [6.07, 6.45) is 0. The zero-order valence-electron chi connectivity index (χ0n) is 8.64. The first kappa shape index (κ1) is 10.2. The molecule has 0 atom stereocenters. The molecule has 0 aliphatic heterocycles. The Morgan fingerprint density at radius 3 is 1.77 bits per heavy atom. The smallest absolute Gasteiger partial charge is 0.0997 e. The Morgan fingerprint density at radius 2 is 1.46 bits per heavy atom. The first-order valence-corrected chi connectivity index (χ1v) is 4.88. The van der Waals surface area contributed by atoms with Crippen molar-refractivity contribution in [3.63, 3.8) is 0 Å². The zero-order valence-corrected chi connectivity index (χ0v) is 8.64. The van der Waals surface area contributed by atoms with Crippen molar-refractivity contribution in [3.8, 4) is 0 Å². The van der Waals surface area contributed by atoms with Gasteiger partial charge in [-0.1, -0.05) is 13.8 Å². The van der Waals surface area contributed by atoms with Crippen LogP contribution in [-0.2, 0) is 13.1 Å². The molecule has 2 heteroatoms. The van der Waals surface area contributed by atoms with E-state index in [0.717, 1.165) is 13.1 Å². The molecule has 0 spiro atoms. The van der Waals surface area contributed by atoms with Gasteiger partial charge in [-0.2, -0.15) is 0 Å². The molecule has 0 heterocycles. The van der Waals surface area contributed by atoms with Crippen LogP contribution in [0.15, 0.2) is 18.2 Å². The second-order valence-electron chi connectivity index (χ2n) is 3.74. The fraction of sp³-hybridized carbons (Fsp3) is 0.455. The SMILES string of the molecule is CC(C)c1cc(C[NH3+])cc(C[NH3+])c1. The van der Waals surface area contributed by atoms with Gasteiger partial charge in [0.1, 0.15) is 0 Å². The van der Waals surface area contributed by atoms with Crippen LogP contribution in [0, 0.1) is 0 Å². The number of quaternary nitrogens is 2. The maximum absolute atomic E-state index is 3.91. The minimum atomic E-state index is 0.594. The largest absolute Gasteiger partial charge is 0.354 e. The van der Waals surface area contributed by atoms with Crippen LogP contribution in [-0.4, -0.2) is 0 Å². The van der Waals surface area contributed by atoms with Crippen molar-refractivity contribution in [2.24, 2.45) is 0 Å². The summed E-state index contributed by atoms with van der Waals surface area (Å²) in [5, 5.41) is 0. The first-order valence-electron chi connectivity index (χ1n) is 4.88. The Balaban J connectivity index is 3.07. The third kappa shape index (κ3) is 2.54. The van der Waals surface area contributed by atoms with Gasteiger partial charge in [0, 0.05) is 11.1 Å². The second kappa shape index (κ2) is 4.40. The number of benzene rings is 1. The van der Waals surface area contributed by atoms with Crippen molar-refractivity contribution in [2.45, 2.75) is 32.9 Å². The van der Waals surface area contributed by atoms with Gasteiger partial charge in [-0.25, -0.2) is 0 Å². The number of hydrogen-bond donors (Lipinski definition) is 2. The normalized spacial score (nSPS) is 10.8. The summed E-state index contributed by atoms with van der Waals surface area (Å²) in [5.74, 6) is 0.594. The van der Waals surface area contributed by atoms with E-state index in [4.69, 9.17) is 0 Å². The maximum atomic E-state index is 3.91. The minimum absolute atomic E-state index is 0.594. The molecule has 1 aromatic rings. The van der Waals surface area contributed by atoms with Crippen LogP contribution >= 0.6 is 0 Å². The van der Waals surface area contributed by atoms with Crippen LogP contribution in [0.4, 0.5) is 0 Å². The lowest BCUT2D eigenvalue weighted by Gasteiger charge is -2.08. The molecule has 0 aliphatic rings. The van der Waals surface area contributed by atoms with E-state index in [-0.39, 0.29) is 0 Å². The third-order valence-corrected chi connectivity index (χ3v) is 2.32. The van der Waals surface area contributed by atoms with Crippen molar-refractivity contribution in [3.05, 3.63) is 34.9 Å². The average molecular weight is 180 g/mol. The van der Waals surface area contributed by atoms with Crippen molar-refractivity contribution < 1.29 is 11.5 Å². The summed E-state index contributed by atoms with van der Waals surface area (Å²) in [6.45, 7) is 6.17. The predicted molar refractivity (Wildman–Crippen MR) is 53.7 cm³/mol. The highest BCUT2D eigenvalue weighted by atomic mass is 14.5. The summed E-state index contributed by atoms with van der Waals surface area (Å²) >= 11 is 0. The number of rotatable bonds is 3. The molecule has 72 valence electrons. The molecule has 0 unspecified atom stereocenters. The summed E-state index contributed by atoms with van der Waals surface area (Å²) < 4.78 is 0. The molecule has 0 radical (unpaired) electrons. The molecule has 2 nitrogen and oxygen atoms in total. The Hall–Kier alpha value is -0.860. The molecule has 1 aromatic carbocycles. The lowest BCUT2D eigenvalue weighted by molar-refractivity contribution is -0.388. The molecule has 0 saturated carbocycles. The zero-order chi connectivity index (χ0) is 9.84. The standard InChI is InChI=1S/C11H18N2/c1-8(2)11-4-9(6-12)3-10(5-11)7-13/h3-5,8H,6-7,12-13H2,1-2H3/p+2. The van der Waals surface area contributed by atoms with Gasteiger partial charge in [-0.3, -0.25) is 0 Å². The highest BCUT2D eigenvalue weighted by molar-refractivity contribution is 5.31. The lowest BCUT2D eigenvalue weighted by Crippen LogP contribution is -2.48. The van der Waals surface area contributed by atoms with Gasteiger partial charge < -0.3 is 11.5 Å². The van der Waals surface area contributed by atoms with E-state index < -0.39 is 0 Å². The lowest BCUT2D eigenvalue weighted by atomic mass is 9.98. The first-order chi connectivity index (χ1) is 6.17. The molecule has 0 bridgehead atoms. The summed E-state index contributed by atoms with van der Waals surface area (Å²) in [7, 11) is 0. The van der Waals surface area contributed by atoms with Crippen molar-refractivity contribution in [1.29, 1.82) is 0 Å². The van der Waals surface area contributed by atoms with Crippen molar-refractivity contribution in [1.82, 2.24) is 0 Å². The highest BCUT2D eigenvalue weighted by Crippen LogP contribution is 2.17. The van der Waals surface area contributed by atoms with Crippen LogP contribution < -0.4 is 11.5 Å². The van der Waals surface area contributed by atoms with Crippen molar-refractivity contribution >= 4 is 0 Å². The molecule has 13 heavy (non-hydrogen) atoms. The molecule has 0 amide bonds. The van der Waals surface area contributed by atoms with Crippen LogP contribution in [0.1, 0.15) is 36.5 Å². The molecular formula is C11H20N2+2. The predicted octanol–water partition coefficient (Wildman–Crippen LogP) is 0.294. The van der Waals surface area contributed by atoms with Crippen LogP contribution in [0.25, 0.3) is 0 Å². The average Bonchev–Trinajstić information content (AvgIpc) is 2.16. The van der Waals surface area contributed by atoms with E-state index >= 15 is 0 Å². The topological polar surface area (TPSA) is 55.3 Å². The third-order valence-electron chi connectivity index (χ3n) is 2.32. The van der Waals surface area contributed by atoms with Gasteiger partial charge in [0.05, 0.1) is 13.1 Å². The highest BCUT2D eigenvalue weighted by Gasteiger charge is 2.04. The molecule has 0 fully saturated rings. The minimum Gasteiger partial charge on any atom is -0.354 e. The van der Waals surface area contributed by atoms with Gasteiger partial charge in [0.15, 0.2) is 0 Å². The van der Waals surface area contributed by atoms with E-state index in [1.807, 2.05) is 0 Å². The van der Waals surface area contributed by atoms with Gasteiger partial charge in [0.2, 0.25) is 0 Å². The van der Waals surface area contributed by atoms with Crippen LogP contribution in [0.5, 0.6) is 0 Å². The van der Waals surface area contributed by atoms with E-state index in [1.54, 1.807) is 0 Å². The number of hydrogen-bond acceptors (Lipinski definition) is 0. The van der Waals surface area contributed by atoms with Gasteiger partial charge in [-0.05, 0) is 29.7 Å². The molecule has 6 N–H and O–H groups in total. The van der Waals surface area contributed by atoms with Gasteiger partial charge in [0.25, 0.3) is 0 Å². The maximum Gasteiger partial charge on any atom is 0.0997 e. The van der Waals surface area contributed by atoms with Crippen LogP contribution in [0.2, 0.25) is 0 Å².